The van der Waals surface area contributed by atoms with Crippen molar-refractivity contribution < 1.29 is 0 Å². The molecule has 0 fully saturated rings. The smallest absolute Gasteiger partial charge is 0.0198 e. The molecule has 0 aromatic rings. The van der Waals surface area contributed by atoms with Gasteiger partial charge in [0.25, 0.3) is 0 Å². The first-order valence-corrected chi connectivity index (χ1v) is 11.2. The van der Waals surface area contributed by atoms with E-state index in [4.69, 9.17) is 0 Å². The van der Waals surface area contributed by atoms with Crippen molar-refractivity contribution in [3.8, 4) is 0 Å². The van der Waals surface area contributed by atoms with Crippen LogP contribution in [0.1, 0.15) is 51.4 Å². The van der Waals surface area contributed by atoms with Gasteiger partial charge in [0.1, 0.15) is 0 Å². The second kappa shape index (κ2) is 6.62. The van der Waals surface area contributed by atoms with Crippen LogP contribution in [0.5, 0.6) is 0 Å². The molecule has 0 saturated carbocycles. The molecule has 0 N–H and O–H groups in total. The van der Waals surface area contributed by atoms with Crippen LogP contribution < -0.4 is 0 Å². The minimum Gasteiger partial charge on any atom is -0.0839 e. The van der Waals surface area contributed by atoms with Gasteiger partial charge in [0.15, 0.2) is 0 Å². The zero-order valence-electron chi connectivity index (χ0n) is 16.6. The molecular formula is C28H28. The maximum atomic E-state index is 2.60. The summed E-state index contributed by atoms with van der Waals surface area (Å²) >= 11 is 0. The van der Waals surface area contributed by atoms with E-state index < -0.39 is 0 Å². The molecule has 0 amide bonds. The largest absolute Gasteiger partial charge is 0.0839 e. The third-order valence-electron chi connectivity index (χ3n) is 7.41. The molecule has 0 aromatic carbocycles. The van der Waals surface area contributed by atoms with Gasteiger partial charge in [0.05, 0.1) is 0 Å². The average molecular weight is 365 g/mol. The van der Waals surface area contributed by atoms with Gasteiger partial charge >= 0.3 is 0 Å². The number of hydrogen-bond acceptors (Lipinski definition) is 0. The topological polar surface area (TPSA) is 0 Å². The Hall–Kier alpha value is -2.34. The molecule has 0 saturated heterocycles. The van der Waals surface area contributed by atoms with Crippen LogP contribution in [0.3, 0.4) is 0 Å². The van der Waals surface area contributed by atoms with E-state index in [0.29, 0.717) is 11.8 Å². The van der Waals surface area contributed by atoms with Gasteiger partial charge in [-0.3, -0.25) is 0 Å². The van der Waals surface area contributed by atoms with Gasteiger partial charge in [0.2, 0.25) is 0 Å². The third-order valence-corrected chi connectivity index (χ3v) is 7.41. The maximum absolute atomic E-state index is 2.60. The Morgan fingerprint density at radius 3 is 2.21 bits per heavy atom. The normalized spacial score (nSPS) is 30.6. The summed E-state index contributed by atoms with van der Waals surface area (Å²) in [5, 5.41) is 0. The van der Waals surface area contributed by atoms with Gasteiger partial charge in [-0.15, -0.1) is 0 Å². The quantitative estimate of drug-likeness (QED) is 0.455. The lowest BCUT2D eigenvalue weighted by Gasteiger charge is -2.41. The van der Waals surface area contributed by atoms with E-state index in [-0.39, 0.29) is 0 Å². The molecule has 0 radical (unpaired) electrons. The molecule has 2 unspecified atom stereocenters. The first-order valence-electron chi connectivity index (χ1n) is 11.2. The van der Waals surface area contributed by atoms with E-state index in [9.17, 15) is 0 Å². The lowest BCUT2D eigenvalue weighted by molar-refractivity contribution is 0.557. The summed E-state index contributed by atoms with van der Waals surface area (Å²) in [6.45, 7) is 0. The molecule has 2 atom stereocenters. The highest BCUT2D eigenvalue weighted by atomic mass is 14.4. The molecular weight excluding hydrogens is 336 g/mol. The van der Waals surface area contributed by atoms with Gasteiger partial charge in [-0.05, 0) is 96.0 Å². The van der Waals surface area contributed by atoms with Crippen molar-refractivity contribution in [2.24, 2.45) is 11.8 Å². The van der Waals surface area contributed by atoms with Crippen LogP contribution in [0.15, 0.2) is 105 Å². The first kappa shape index (κ1) is 16.6. The fraction of sp³-hybridized carbons (Fsp3) is 0.357. The van der Waals surface area contributed by atoms with Crippen molar-refractivity contribution in [3.63, 3.8) is 0 Å². The van der Waals surface area contributed by atoms with Crippen molar-refractivity contribution >= 4 is 0 Å². The first-order chi connectivity index (χ1) is 13.9. The zero-order valence-corrected chi connectivity index (χ0v) is 16.6. The summed E-state index contributed by atoms with van der Waals surface area (Å²) in [6, 6.07) is 0. The predicted octanol–water partition coefficient (Wildman–Crippen LogP) is 7.39. The van der Waals surface area contributed by atoms with Gasteiger partial charge in [-0.25, -0.2) is 0 Å². The van der Waals surface area contributed by atoms with E-state index in [1.807, 2.05) is 0 Å². The second-order valence-electron chi connectivity index (χ2n) is 8.97. The molecule has 0 bridgehead atoms. The summed E-state index contributed by atoms with van der Waals surface area (Å²) in [4.78, 5) is 0. The van der Waals surface area contributed by atoms with Crippen molar-refractivity contribution in [2.75, 3.05) is 0 Å². The Morgan fingerprint density at radius 2 is 1.32 bits per heavy atom. The predicted molar refractivity (Wildman–Crippen MR) is 118 cm³/mol. The van der Waals surface area contributed by atoms with Crippen LogP contribution in [0.25, 0.3) is 0 Å². The Morgan fingerprint density at radius 1 is 0.571 bits per heavy atom. The van der Waals surface area contributed by atoms with E-state index in [2.05, 4.69) is 60.8 Å². The summed E-state index contributed by atoms with van der Waals surface area (Å²) in [6.07, 6.45) is 34.2. The highest BCUT2D eigenvalue weighted by Gasteiger charge is 2.38. The standard InChI is InChI=1S/C28H28/c1-2-9-21-17-23(14-13-19(21)7-1)27-18-22-10-4-5-11-24(22)26-16-15-20-8-3-6-12-25(20)28(26)27/h1,5-7,11-12,15-18,26,28H,2-4,8-10,13-14H2. The Kier molecular flexibility index (Phi) is 3.93. The summed E-state index contributed by atoms with van der Waals surface area (Å²) in [7, 11) is 0. The molecule has 0 aromatic heterocycles. The molecule has 6 aliphatic rings. The number of hydrogen-bond donors (Lipinski definition) is 0. The summed E-state index contributed by atoms with van der Waals surface area (Å²) in [5.41, 5.74) is 12.8. The van der Waals surface area contributed by atoms with E-state index in [0.717, 1.165) is 0 Å². The Bertz CT molecular complexity index is 1000. The fourth-order valence-corrected chi connectivity index (χ4v) is 6.02. The van der Waals surface area contributed by atoms with Crippen molar-refractivity contribution in [3.05, 3.63) is 105 Å². The van der Waals surface area contributed by atoms with Crippen LogP contribution in [0, 0.1) is 11.8 Å². The second-order valence-corrected chi connectivity index (χ2v) is 8.97. The Balaban J connectivity index is 1.50. The van der Waals surface area contributed by atoms with Crippen LogP contribution >= 0.6 is 0 Å². The van der Waals surface area contributed by atoms with Gasteiger partial charge in [0, 0.05) is 11.8 Å². The maximum Gasteiger partial charge on any atom is 0.0198 e. The van der Waals surface area contributed by atoms with Crippen LogP contribution in [0.4, 0.5) is 0 Å². The van der Waals surface area contributed by atoms with Crippen molar-refractivity contribution in [1.29, 1.82) is 0 Å². The minimum atomic E-state index is 0.519. The monoisotopic (exact) mass is 364 g/mol. The summed E-state index contributed by atoms with van der Waals surface area (Å²) in [5.74, 6) is 1.04. The lowest BCUT2D eigenvalue weighted by Crippen LogP contribution is -2.28. The third kappa shape index (κ3) is 2.58. The van der Waals surface area contributed by atoms with Crippen LogP contribution in [0.2, 0.25) is 0 Å². The van der Waals surface area contributed by atoms with E-state index >= 15 is 0 Å². The SMILES string of the molecule is C1=CC2=C(C=C(C3=CC4=C(C=CCC4)C4C=CC5=C(C=CCC5)C34)CC2)CC1. The number of rotatable bonds is 1. The van der Waals surface area contributed by atoms with Gasteiger partial charge in [-0.1, -0.05) is 60.8 Å². The highest BCUT2D eigenvalue weighted by Crippen LogP contribution is 2.51. The van der Waals surface area contributed by atoms with E-state index in [1.54, 1.807) is 44.6 Å². The van der Waals surface area contributed by atoms with Crippen molar-refractivity contribution in [2.45, 2.75) is 51.4 Å². The molecule has 0 heteroatoms. The van der Waals surface area contributed by atoms with Gasteiger partial charge in [-0.2, -0.15) is 0 Å². The molecule has 6 rings (SSSR count). The number of allylic oxidation sites excluding steroid dienone is 18. The van der Waals surface area contributed by atoms with Crippen LogP contribution in [-0.4, -0.2) is 0 Å². The highest BCUT2D eigenvalue weighted by molar-refractivity contribution is 5.61. The Labute approximate surface area is 168 Å². The van der Waals surface area contributed by atoms with Gasteiger partial charge < -0.3 is 0 Å². The minimum absolute atomic E-state index is 0.519. The lowest BCUT2D eigenvalue weighted by atomic mass is 9.63. The van der Waals surface area contributed by atoms with Crippen LogP contribution in [-0.2, 0) is 0 Å². The molecule has 28 heavy (non-hydrogen) atoms. The van der Waals surface area contributed by atoms with E-state index in [1.165, 1.54) is 51.4 Å². The summed E-state index contributed by atoms with van der Waals surface area (Å²) < 4.78 is 0. The van der Waals surface area contributed by atoms with Crippen molar-refractivity contribution in [1.82, 2.24) is 0 Å². The average Bonchev–Trinajstić information content (AvgIpc) is 2.78. The fourth-order valence-electron chi connectivity index (χ4n) is 6.02. The number of fused-ring (bicyclic) bond motifs is 3. The molecule has 140 valence electrons. The molecule has 0 aliphatic heterocycles. The molecule has 0 spiro atoms. The molecule has 6 aliphatic carbocycles. The molecule has 0 heterocycles. The zero-order chi connectivity index (χ0) is 18.5. The molecule has 0 nitrogen and oxygen atoms in total.